The lowest BCUT2D eigenvalue weighted by Gasteiger charge is -2.26. The Morgan fingerprint density at radius 2 is 1.76 bits per heavy atom. The van der Waals surface area contributed by atoms with Crippen LogP contribution in [0.5, 0.6) is 5.75 Å². The molecule has 1 aliphatic heterocycles. The van der Waals surface area contributed by atoms with Gasteiger partial charge in [-0.15, -0.1) is 0 Å². The summed E-state index contributed by atoms with van der Waals surface area (Å²) in [6.45, 7) is 0.140. The van der Waals surface area contributed by atoms with E-state index < -0.39 is 29.3 Å². The molecule has 1 unspecified atom stereocenters. The number of aromatic nitrogens is 1. The molecular formula is C26H24FN3O4. The number of likely N-dealkylation sites (tertiary alicyclic amines) is 1. The van der Waals surface area contributed by atoms with Crippen LogP contribution in [0.3, 0.4) is 0 Å². The quantitative estimate of drug-likeness (QED) is 0.340. The van der Waals surface area contributed by atoms with Crippen molar-refractivity contribution in [1.29, 1.82) is 0 Å². The van der Waals surface area contributed by atoms with Crippen LogP contribution in [0.2, 0.25) is 0 Å². The molecule has 0 aliphatic carbocycles. The van der Waals surface area contributed by atoms with Crippen LogP contribution in [-0.2, 0) is 16.1 Å². The fourth-order valence-corrected chi connectivity index (χ4v) is 4.00. The summed E-state index contributed by atoms with van der Waals surface area (Å²) < 4.78 is 19.3. The highest BCUT2D eigenvalue weighted by atomic mass is 19.1. The molecule has 1 aliphatic rings. The molecule has 0 bridgehead atoms. The van der Waals surface area contributed by atoms with Crippen LogP contribution in [0.15, 0.2) is 72.6 Å². The molecule has 3 aromatic rings. The monoisotopic (exact) mass is 461 g/mol. The number of ketones is 1. The minimum atomic E-state index is -0.852. The lowest BCUT2D eigenvalue weighted by atomic mass is 9.95. The van der Waals surface area contributed by atoms with Gasteiger partial charge in [-0.1, -0.05) is 12.1 Å². The first-order valence-corrected chi connectivity index (χ1v) is 10.6. The summed E-state index contributed by atoms with van der Waals surface area (Å²) in [5.74, 6) is -2.70. The molecule has 34 heavy (non-hydrogen) atoms. The van der Waals surface area contributed by atoms with Crippen molar-refractivity contribution in [2.24, 2.45) is 0 Å². The maximum atomic E-state index is 14.3. The van der Waals surface area contributed by atoms with E-state index in [-0.39, 0.29) is 23.4 Å². The normalized spacial score (nSPS) is 17.2. The number of benzene rings is 2. The molecule has 1 amide bonds. The fourth-order valence-electron chi connectivity index (χ4n) is 4.00. The summed E-state index contributed by atoms with van der Waals surface area (Å²) >= 11 is 0. The first-order chi connectivity index (χ1) is 16.3. The van der Waals surface area contributed by atoms with Crippen LogP contribution >= 0.6 is 0 Å². The van der Waals surface area contributed by atoms with Gasteiger partial charge in [0.15, 0.2) is 11.6 Å². The highest BCUT2D eigenvalue weighted by Crippen LogP contribution is 2.41. The largest absolute Gasteiger partial charge is 0.507 e. The van der Waals surface area contributed by atoms with Crippen LogP contribution < -0.4 is 9.64 Å². The highest BCUT2D eigenvalue weighted by Gasteiger charge is 2.46. The van der Waals surface area contributed by atoms with Gasteiger partial charge in [0.2, 0.25) is 0 Å². The van der Waals surface area contributed by atoms with E-state index in [0.29, 0.717) is 5.56 Å². The second-order valence-corrected chi connectivity index (χ2v) is 8.12. The zero-order chi connectivity index (χ0) is 24.4. The van der Waals surface area contributed by atoms with Crippen molar-refractivity contribution in [3.8, 4) is 5.75 Å². The van der Waals surface area contributed by atoms with E-state index in [1.165, 1.54) is 24.1 Å². The summed E-state index contributed by atoms with van der Waals surface area (Å²) in [7, 11) is 5.14. The Hall–Kier alpha value is -4.20. The van der Waals surface area contributed by atoms with E-state index in [9.17, 15) is 19.1 Å². The van der Waals surface area contributed by atoms with Crippen molar-refractivity contribution in [1.82, 2.24) is 9.88 Å². The third-order valence-electron chi connectivity index (χ3n) is 5.79. The van der Waals surface area contributed by atoms with Crippen molar-refractivity contribution in [3.63, 3.8) is 0 Å². The van der Waals surface area contributed by atoms with Crippen molar-refractivity contribution in [2.45, 2.75) is 12.6 Å². The van der Waals surface area contributed by atoms with Crippen molar-refractivity contribution in [3.05, 3.63) is 95.1 Å². The molecule has 2 heterocycles. The third kappa shape index (κ3) is 4.22. The van der Waals surface area contributed by atoms with E-state index >= 15 is 0 Å². The van der Waals surface area contributed by atoms with Gasteiger partial charge in [-0.05, 0) is 53.6 Å². The summed E-state index contributed by atoms with van der Waals surface area (Å²) in [5.41, 5.74) is 2.35. The van der Waals surface area contributed by atoms with Crippen LogP contribution in [0.4, 0.5) is 10.1 Å². The Balaban J connectivity index is 1.85. The molecule has 7 nitrogen and oxygen atoms in total. The predicted octanol–water partition coefficient (Wildman–Crippen LogP) is 3.92. The van der Waals surface area contributed by atoms with Gasteiger partial charge in [-0.3, -0.25) is 14.6 Å². The number of hydrogen-bond donors (Lipinski definition) is 1. The summed E-state index contributed by atoms with van der Waals surface area (Å²) in [6, 6.07) is 13.9. The van der Waals surface area contributed by atoms with E-state index in [1.54, 1.807) is 24.5 Å². The average Bonchev–Trinajstić information content (AvgIpc) is 3.09. The number of halogens is 1. The van der Waals surface area contributed by atoms with Gasteiger partial charge in [-0.25, -0.2) is 4.39 Å². The standard InChI is InChI=1S/C26H24FN3O4/c1-29(2)19-7-4-17(5-8-19)23-22(24(31)18-6-9-21(34-3)20(27)14-18)25(32)26(33)30(23)15-16-10-12-28-13-11-16/h4-14,23,31H,15H2,1-3H3/b24-22+. The van der Waals surface area contributed by atoms with Crippen molar-refractivity contribution in [2.75, 3.05) is 26.1 Å². The number of rotatable bonds is 6. The lowest BCUT2D eigenvalue weighted by Crippen LogP contribution is -2.29. The second kappa shape index (κ2) is 9.35. The van der Waals surface area contributed by atoms with E-state index in [2.05, 4.69) is 4.98 Å². The zero-order valence-corrected chi connectivity index (χ0v) is 19.0. The minimum absolute atomic E-state index is 0.00510. The lowest BCUT2D eigenvalue weighted by molar-refractivity contribution is -0.140. The van der Waals surface area contributed by atoms with Crippen LogP contribution in [0, 0.1) is 5.82 Å². The van der Waals surface area contributed by atoms with E-state index in [0.717, 1.165) is 17.3 Å². The molecule has 174 valence electrons. The summed E-state index contributed by atoms with van der Waals surface area (Å²) in [6.07, 6.45) is 3.21. The predicted molar refractivity (Wildman–Crippen MR) is 126 cm³/mol. The molecule has 1 aromatic heterocycles. The van der Waals surface area contributed by atoms with Crippen molar-refractivity contribution < 1.29 is 23.8 Å². The molecule has 0 saturated carbocycles. The number of amides is 1. The number of carbonyl (C=O) groups is 2. The second-order valence-electron chi connectivity index (χ2n) is 8.12. The van der Waals surface area contributed by atoms with Gasteiger partial charge < -0.3 is 19.6 Å². The van der Waals surface area contributed by atoms with Gasteiger partial charge in [0.05, 0.1) is 18.7 Å². The number of aliphatic hydroxyl groups is 1. The van der Waals surface area contributed by atoms with Gasteiger partial charge in [0.1, 0.15) is 5.76 Å². The Labute approximate surface area is 196 Å². The number of carbonyl (C=O) groups excluding carboxylic acids is 2. The van der Waals surface area contributed by atoms with E-state index in [4.69, 9.17) is 4.74 Å². The van der Waals surface area contributed by atoms with Gasteiger partial charge >= 0.3 is 0 Å². The number of nitrogens with zero attached hydrogens (tertiary/aromatic N) is 3. The molecular weight excluding hydrogens is 437 g/mol. The molecule has 1 fully saturated rings. The number of hydrogen-bond acceptors (Lipinski definition) is 6. The zero-order valence-electron chi connectivity index (χ0n) is 19.0. The maximum absolute atomic E-state index is 14.3. The minimum Gasteiger partial charge on any atom is -0.507 e. The molecule has 1 N–H and O–H groups in total. The van der Waals surface area contributed by atoms with Gasteiger partial charge in [0, 0.05) is 44.3 Å². The Morgan fingerprint density at radius 3 is 2.35 bits per heavy atom. The van der Waals surface area contributed by atoms with Crippen LogP contribution in [-0.4, -0.2) is 47.9 Å². The number of Topliss-reactive ketones (excluding diaryl/α,β-unsaturated/α-hetero) is 1. The molecule has 4 rings (SSSR count). The highest BCUT2D eigenvalue weighted by molar-refractivity contribution is 6.46. The van der Waals surface area contributed by atoms with E-state index in [1.807, 2.05) is 43.3 Å². The van der Waals surface area contributed by atoms with Crippen LogP contribution in [0.25, 0.3) is 5.76 Å². The van der Waals surface area contributed by atoms with Gasteiger partial charge in [-0.2, -0.15) is 0 Å². The molecule has 1 atom stereocenters. The maximum Gasteiger partial charge on any atom is 0.295 e. The Kier molecular flexibility index (Phi) is 6.32. The fraction of sp³-hybridized carbons (Fsp3) is 0.192. The number of methoxy groups -OCH3 is 1. The molecule has 2 aromatic carbocycles. The number of pyridine rings is 1. The first kappa shape index (κ1) is 23.0. The molecule has 8 heteroatoms. The first-order valence-electron chi connectivity index (χ1n) is 10.6. The summed E-state index contributed by atoms with van der Waals surface area (Å²) in [4.78, 5) is 33.6. The Morgan fingerprint density at radius 1 is 1.09 bits per heavy atom. The van der Waals surface area contributed by atoms with Crippen molar-refractivity contribution >= 4 is 23.1 Å². The third-order valence-corrected chi connectivity index (χ3v) is 5.79. The average molecular weight is 461 g/mol. The Bertz CT molecular complexity index is 1260. The van der Waals surface area contributed by atoms with Crippen LogP contribution in [0.1, 0.15) is 22.7 Å². The van der Waals surface area contributed by atoms with Gasteiger partial charge in [0.25, 0.3) is 11.7 Å². The molecule has 1 saturated heterocycles. The number of aliphatic hydroxyl groups excluding tert-OH is 1. The SMILES string of the molecule is COc1ccc(/C(O)=C2\C(=O)C(=O)N(Cc3ccncc3)C2c2ccc(N(C)C)cc2)cc1F. The topological polar surface area (TPSA) is 83.0 Å². The smallest absolute Gasteiger partial charge is 0.295 e. The molecule has 0 spiro atoms. The number of anilines is 1. The summed E-state index contributed by atoms with van der Waals surface area (Å²) in [5, 5.41) is 11.1. The molecule has 0 radical (unpaired) electrons. The number of ether oxygens (including phenoxy) is 1.